The van der Waals surface area contributed by atoms with Gasteiger partial charge in [0.15, 0.2) is 5.16 Å². The fourth-order valence-electron chi connectivity index (χ4n) is 3.93. The van der Waals surface area contributed by atoms with E-state index in [-0.39, 0.29) is 17.0 Å². The molecule has 192 valence electrons. The standard InChI is InChI=1S/C28H20F3N3O2S2/c1-17-8-5-6-13-22(17)34-26(36)21-15-23(18-9-3-2-4-10-18)38-25(21)33-27(34)37-16-24(35)32-20-12-7-11-19(14-20)28(29,30)31/h2-15H,16H2,1H3,(H,32,35). The number of rotatable bonds is 6. The molecule has 1 N–H and O–H groups in total. The van der Waals surface area contributed by atoms with Gasteiger partial charge in [0, 0.05) is 10.6 Å². The van der Waals surface area contributed by atoms with E-state index in [4.69, 9.17) is 4.98 Å². The van der Waals surface area contributed by atoms with Crippen LogP contribution in [0.1, 0.15) is 11.1 Å². The third-order valence-electron chi connectivity index (χ3n) is 5.76. The average Bonchev–Trinajstić information content (AvgIpc) is 3.33. The molecular weight excluding hydrogens is 531 g/mol. The van der Waals surface area contributed by atoms with Gasteiger partial charge >= 0.3 is 6.18 Å². The molecule has 5 aromatic rings. The average molecular weight is 552 g/mol. The number of carbonyl (C=O) groups is 1. The molecule has 0 unspecified atom stereocenters. The van der Waals surface area contributed by atoms with Crippen molar-refractivity contribution in [3.05, 3.63) is 106 Å². The van der Waals surface area contributed by atoms with Crippen molar-refractivity contribution in [3.63, 3.8) is 0 Å². The van der Waals surface area contributed by atoms with Gasteiger partial charge in [0.25, 0.3) is 5.56 Å². The summed E-state index contributed by atoms with van der Waals surface area (Å²) in [5.74, 6) is -0.673. The molecule has 5 nitrogen and oxygen atoms in total. The third-order valence-corrected chi connectivity index (χ3v) is 7.77. The van der Waals surface area contributed by atoms with Crippen LogP contribution in [0.25, 0.3) is 26.3 Å². The van der Waals surface area contributed by atoms with Gasteiger partial charge in [0.1, 0.15) is 4.83 Å². The molecule has 10 heteroatoms. The maximum Gasteiger partial charge on any atom is 0.416 e. The van der Waals surface area contributed by atoms with Gasteiger partial charge in [0.05, 0.1) is 22.4 Å². The highest BCUT2D eigenvalue weighted by atomic mass is 32.2. The molecule has 0 fully saturated rings. The molecule has 0 bridgehead atoms. The number of aromatic nitrogens is 2. The number of hydrogen-bond acceptors (Lipinski definition) is 5. The monoisotopic (exact) mass is 551 g/mol. The molecule has 2 heterocycles. The number of alkyl halides is 3. The molecule has 0 aliphatic carbocycles. The molecule has 38 heavy (non-hydrogen) atoms. The second kappa shape index (κ2) is 10.5. The minimum atomic E-state index is -4.52. The molecule has 0 saturated heterocycles. The van der Waals surface area contributed by atoms with E-state index in [1.807, 2.05) is 67.6 Å². The summed E-state index contributed by atoms with van der Waals surface area (Å²) in [6.45, 7) is 1.88. The second-order valence-electron chi connectivity index (χ2n) is 8.43. The number of nitrogens with one attached hydrogen (secondary N) is 1. The highest BCUT2D eigenvalue weighted by molar-refractivity contribution is 7.99. The summed E-state index contributed by atoms with van der Waals surface area (Å²) >= 11 is 2.43. The Balaban J connectivity index is 1.49. The van der Waals surface area contributed by atoms with Crippen molar-refractivity contribution in [2.45, 2.75) is 18.3 Å². The first-order valence-electron chi connectivity index (χ1n) is 11.5. The van der Waals surface area contributed by atoms with Crippen LogP contribution >= 0.6 is 23.1 Å². The molecule has 2 aromatic heterocycles. The highest BCUT2D eigenvalue weighted by Gasteiger charge is 2.30. The molecular formula is C28H20F3N3O2S2. The summed E-state index contributed by atoms with van der Waals surface area (Å²) in [7, 11) is 0. The first-order valence-corrected chi connectivity index (χ1v) is 13.3. The number of halogens is 3. The molecule has 0 atom stereocenters. The smallest absolute Gasteiger partial charge is 0.325 e. The van der Waals surface area contributed by atoms with E-state index >= 15 is 0 Å². The van der Waals surface area contributed by atoms with Crippen LogP contribution in [0.4, 0.5) is 18.9 Å². The molecule has 3 aromatic carbocycles. The number of nitrogens with zero attached hydrogens (tertiary/aromatic N) is 2. The topological polar surface area (TPSA) is 64.0 Å². The fourth-order valence-corrected chi connectivity index (χ4v) is 5.81. The van der Waals surface area contributed by atoms with Gasteiger partial charge in [-0.1, -0.05) is 66.4 Å². The summed E-state index contributed by atoms with van der Waals surface area (Å²) in [5.41, 5.74) is 1.38. The zero-order valence-electron chi connectivity index (χ0n) is 20.0. The highest BCUT2D eigenvalue weighted by Crippen LogP contribution is 2.33. The summed E-state index contributed by atoms with van der Waals surface area (Å²) in [4.78, 5) is 32.6. The van der Waals surface area contributed by atoms with Crippen LogP contribution in [-0.4, -0.2) is 21.2 Å². The van der Waals surface area contributed by atoms with Gasteiger partial charge in [-0.2, -0.15) is 13.2 Å². The van der Waals surface area contributed by atoms with Gasteiger partial charge < -0.3 is 5.32 Å². The van der Waals surface area contributed by atoms with Crippen LogP contribution in [-0.2, 0) is 11.0 Å². The Labute approximate surface area is 224 Å². The van der Waals surface area contributed by atoms with E-state index in [2.05, 4.69) is 5.32 Å². The predicted molar refractivity (Wildman–Crippen MR) is 146 cm³/mol. The Morgan fingerprint density at radius 2 is 1.74 bits per heavy atom. The number of thiophene rings is 1. The van der Waals surface area contributed by atoms with E-state index < -0.39 is 17.6 Å². The number of anilines is 1. The number of thioether (sulfide) groups is 1. The molecule has 0 aliphatic rings. The summed E-state index contributed by atoms with van der Waals surface area (Å²) in [5, 5.41) is 3.28. The van der Waals surface area contributed by atoms with Gasteiger partial charge in [0.2, 0.25) is 5.91 Å². The van der Waals surface area contributed by atoms with E-state index in [1.165, 1.54) is 28.0 Å². The fraction of sp³-hybridized carbons (Fsp3) is 0.107. The number of amides is 1. The summed E-state index contributed by atoms with van der Waals surface area (Å²) < 4.78 is 40.6. The zero-order valence-corrected chi connectivity index (χ0v) is 21.6. The zero-order chi connectivity index (χ0) is 26.9. The lowest BCUT2D eigenvalue weighted by atomic mass is 10.2. The molecule has 5 rings (SSSR count). The third kappa shape index (κ3) is 5.36. The number of hydrogen-bond donors (Lipinski definition) is 1. The maximum absolute atomic E-state index is 13.7. The summed E-state index contributed by atoms with van der Waals surface area (Å²) in [6, 6.07) is 23.3. The van der Waals surface area contributed by atoms with Crippen molar-refractivity contribution in [3.8, 4) is 16.1 Å². The maximum atomic E-state index is 13.7. The lowest BCUT2D eigenvalue weighted by Crippen LogP contribution is -2.23. The largest absolute Gasteiger partial charge is 0.416 e. The minimum absolute atomic E-state index is 0.0379. The van der Waals surface area contributed by atoms with Crippen LogP contribution in [0.5, 0.6) is 0 Å². The molecule has 0 aliphatic heterocycles. The molecule has 0 spiro atoms. The van der Waals surface area contributed by atoms with Gasteiger partial charge in [-0.05, 0) is 48.4 Å². The Hall–Kier alpha value is -3.89. The number of aryl methyl sites for hydroxylation is 1. The van der Waals surface area contributed by atoms with Crippen LogP contribution in [0, 0.1) is 6.92 Å². The SMILES string of the molecule is Cc1ccccc1-n1c(SCC(=O)Nc2cccc(C(F)(F)F)c2)nc2sc(-c3ccccc3)cc2c1=O. The van der Waals surface area contributed by atoms with E-state index in [0.717, 1.165) is 39.9 Å². The second-order valence-corrected chi connectivity index (χ2v) is 10.4. The number of carbonyl (C=O) groups excluding carboxylic acids is 1. The van der Waals surface area contributed by atoms with Crippen LogP contribution in [0.15, 0.2) is 94.9 Å². The Kier molecular flexibility index (Phi) is 7.09. The van der Waals surface area contributed by atoms with Crippen molar-refractivity contribution >= 4 is 44.9 Å². The normalized spacial score (nSPS) is 11.6. The van der Waals surface area contributed by atoms with Gasteiger partial charge in [-0.25, -0.2) is 4.98 Å². The van der Waals surface area contributed by atoms with Gasteiger partial charge in [-0.15, -0.1) is 11.3 Å². The Morgan fingerprint density at radius 3 is 2.47 bits per heavy atom. The van der Waals surface area contributed by atoms with E-state index in [0.29, 0.717) is 21.1 Å². The quantitative estimate of drug-likeness (QED) is 0.180. The predicted octanol–water partition coefficient (Wildman–Crippen LogP) is 7.17. The van der Waals surface area contributed by atoms with Crippen LogP contribution < -0.4 is 10.9 Å². The van der Waals surface area contributed by atoms with Crippen molar-refractivity contribution in [2.24, 2.45) is 0 Å². The lowest BCUT2D eigenvalue weighted by molar-refractivity contribution is -0.137. The van der Waals surface area contributed by atoms with Crippen molar-refractivity contribution in [2.75, 3.05) is 11.1 Å². The van der Waals surface area contributed by atoms with E-state index in [1.54, 1.807) is 0 Å². The molecule has 1 amide bonds. The Bertz CT molecular complexity index is 1700. The van der Waals surface area contributed by atoms with Gasteiger partial charge in [-0.3, -0.25) is 14.2 Å². The number of benzene rings is 3. The van der Waals surface area contributed by atoms with Crippen molar-refractivity contribution < 1.29 is 18.0 Å². The minimum Gasteiger partial charge on any atom is -0.325 e. The van der Waals surface area contributed by atoms with E-state index in [9.17, 15) is 22.8 Å². The van der Waals surface area contributed by atoms with Crippen LogP contribution in [0.3, 0.4) is 0 Å². The Morgan fingerprint density at radius 1 is 1.00 bits per heavy atom. The van der Waals surface area contributed by atoms with Crippen molar-refractivity contribution in [1.82, 2.24) is 9.55 Å². The summed E-state index contributed by atoms with van der Waals surface area (Å²) in [6.07, 6.45) is -4.52. The number of fused-ring (bicyclic) bond motifs is 1. The van der Waals surface area contributed by atoms with Crippen molar-refractivity contribution in [1.29, 1.82) is 0 Å². The first kappa shape index (κ1) is 25.7. The van der Waals surface area contributed by atoms with Crippen LogP contribution in [0.2, 0.25) is 0 Å². The molecule has 0 saturated carbocycles. The molecule has 0 radical (unpaired) electrons. The first-order chi connectivity index (χ1) is 18.2. The lowest BCUT2D eigenvalue weighted by Gasteiger charge is -2.14. The number of para-hydroxylation sites is 1.